The van der Waals surface area contributed by atoms with Gasteiger partial charge in [0, 0.05) is 22.4 Å². The minimum atomic E-state index is -0.766. The van der Waals surface area contributed by atoms with Crippen molar-refractivity contribution in [3.05, 3.63) is 35.5 Å². The van der Waals surface area contributed by atoms with Crippen molar-refractivity contribution in [2.24, 2.45) is 0 Å². The summed E-state index contributed by atoms with van der Waals surface area (Å²) in [5.74, 6) is -0.0309. The third-order valence-corrected chi connectivity index (χ3v) is 3.82. The van der Waals surface area contributed by atoms with Crippen LogP contribution >= 0.6 is 0 Å². The summed E-state index contributed by atoms with van der Waals surface area (Å²) in [6.45, 7) is 6.73. The van der Waals surface area contributed by atoms with Gasteiger partial charge in [0.2, 0.25) is 12.0 Å². The zero-order valence-corrected chi connectivity index (χ0v) is 14.5. The van der Waals surface area contributed by atoms with E-state index in [4.69, 9.17) is 0 Å². The third-order valence-electron chi connectivity index (χ3n) is 3.82. The number of aliphatic hydroxyl groups is 1. The Morgan fingerprint density at radius 2 is 2.24 bits per heavy atom. The largest absolute Gasteiger partial charge is 0.387 e. The highest BCUT2D eigenvalue weighted by Gasteiger charge is 2.31. The monoisotopic (exact) mass is 347 g/mol. The lowest BCUT2D eigenvalue weighted by Gasteiger charge is -2.21. The molecule has 0 bridgehead atoms. The highest BCUT2D eigenvalue weighted by Crippen LogP contribution is 2.27. The lowest BCUT2D eigenvalue weighted by molar-refractivity contribution is -0.904. The van der Waals surface area contributed by atoms with Crippen LogP contribution in [0, 0.1) is 0 Å². The highest BCUT2D eigenvalue weighted by molar-refractivity contribution is 5.95. The molecule has 4 N–H and O–H groups in total. The molecule has 2 aromatic heterocycles. The number of hydrogen-bond donors (Lipinski definition) is 4. The summed E-state index contributed by atoms with van der Waals surface area (Å²) in [5, 5.41) is 30.6. The van der Waals surface area contributed by atoms with E-state index in [0.717, 1.165) is 4.73 Å². The van der Waals surface area contributed by atoms with Gasteiger partial charge in [-0.25, -0.2) is 9.67 Å². The Labute approximate surface area is 145 Å². The first-order chi connectivity index (χ1) is 11.8. The molecule has 1 aliphatic rings. The maximum Gasteiger partial charge on any atom is 0.270 e. The van der Waals surface area contributed by atoms with Crippen LogP contribution in [0.1, 0.15) is 55.0 Å². The molecule has 2 aromatic rings. The third kappa shape index (κ3) is 3.62. The van der Waals surface area contributed by atoms with Gasteiger partial charge in [0.15, 0.2) is 0 Å². The van der Waals surface area contributed by atoms with Gasteiger partial charge in [-0.2, -0.15) is 5.10 Å². The van der Waals surface area contributed by atoms with E-state index in [1.807, 2.05) is 20.8 Å². The Hall–Kier alpha value is -2.52. The maximum atomic E-state index is 12.9. The van der Waals surface area contributed by atoms with E-state index in [9.17, 15) is 15.1 Å². The minimum Gasteiger partial charge on any atom is -0.387 e. The average molecular weight is 347 g/mol. The summed E-state index contributed by atoms with van der Waals surface area (Å²) in [6.07, 6.45) is 3.86. The normalized spacial score (nSPS) is 17.7. The highest BCUT2D eigenvalue weighted by atomic mass is 16.5. The van der Waals surface area contributed by atoms with Crippen LogP contribution in [0.2, 0.25) is 0 Å². The number of nitrogens with one attached hydrogen (secondary N) is 2. The van der Waals surface area contributed by atoms with E-state index >= 15 is 0 Å². The first-order valence-corrected chi connectivity index (χ1v) is 8.16. The molecule has 9 nitrogen and oxygen atoms in total. The maximum absolute atomic E-state index is 12.9. The van der Waals surface area contributed by atoms with Crippen LogP contribution in [-0.2, 0) is 6.54 Å². The van der Waals surface area contributed by atoms with Crippen LogP contribution in [0.3, 0.4) is 0 Å². The van der Waals surface area contributed by atoms with E-state index in [1.54, 1.807) is 0 Å². The Morgan fingerprint density at radius 3 is 2.92 bits per heavy atom. The lowest BCUT2D eigenvalue weighted by Crippen LogP contribution is -2.42. The summed E-state index contributed by atoms with van der Waals surface area (Å²) < 4.78 is 2.21. The van der Waals surface area contributed by atoms with Crippen molar-refractivity contribution in [2.75, 3.05) is 6.54 Å². The molecule has 1 amide bonds. The quantitative estimate of drug-likeness (QED) is 0.443. The molecule has 1 aliphatic heterocycles. The molecule has 25 heavy (non-hydrogen) atoms. The van der Waals surface area contributed by atoms with Gasteiger partial charge in [0.05, 0.1) is 18.0 Å². The van der Waals surface area contributed by atoms with E-state index in [1.165, 1.54) is 23.3 Å². The van der Waals surface area contributed by atoms with Crippen LogP contribution < -0.4 is 15.4 Å². The smallest absolute Gasteiger partial charge is 0.270 e. The number of rotatable bonds is 2. The first-order valence-electron chi connectivity index (χ1n) is 8.16. The molecule has 0 fully saturated rings. The van der Waals surface area contributed by atoms with Crippen LogP contribution in [0.5, 0.6) is 0 Å². The van der Waals surface area contributed by atoms with Crippen molar-refractivity contribution >= 4 is 5.91 Å². The second kappa shape index (κ2) is 6.41. The predicted octanol–water partition coefficient (Wildman–Crippen LogP) is -0.153. The van der Waals surface area contributed by atoms with Crippen LogP contribution in [0.4, 0.5) is 0 Å². The molecule has 0 aromatic carbocycles. The number of carbonyl (C=O) groups excluding carboxylic acids is 1. The molecule has 9 heteroatoms. The Balaban J connectivity index is 2.17. The van der Waals surface area contributed by atoms with Gasteiger partial charge >= 0.3 is 0 Å². The molecule has 0 spiro atoms. The van der Waals surface area contributed by atoms with Gasteiger partial charge in [0.1, 0.15) is 5.69 Å². The molecule has 3 heterocycles. The van der Waals surface area contributed by atoms with Gasteiger partial charge in [-0.3, -0.25) is 10.0 Å². The van der Waals surface area contributed by atoms with Gasteiger partial charge in [-0.15, -0.1) is 0 Å². The Kier molecular flexibility index (Phi) is 4.44. The second-order valence-electron chi connectivity index (χ2n) is 7.10. The van der Waals surface area contributed by atoms with E-state index in [0.29, 0.717) is 36.5 Å². The molecule has 134 valence electrons. The van der Waals surface area contributed by atoms with Crippen LogP contribution in [0.25, 0.3) is 5.82 Å². The van der Waals surface area contributed by atoms with Crippen molar-refractivity contribution < 1.29 is 19.8 Å². The van der Waals surface area contributed by atoms with Gasteiger partial charge in [-0.1, -0.05) is 0 Å². The van der Waals surface area contributed by atoms with Gasteiger partial charge in [0.25, 0.3) is 12.1 Å². The Bertz CT molecular complexity index is 796. The average Bonchev–Trinajstić information content (AvgIpc) is 2.80. The molecule has 1 atom stereocenters. The van der Waals surface area contributed by atoms with Crippen LogP contribution in [-0.4, -0.2) is 43.1 Å². The van der Waals surface area contributed by atoms with Gasteiger partial charge < -0.3 is 15.7 Å². The summed E-state index contributed by atoms with van der Waals surface area (Å²) in [4.78, 5) is 17.1. The molecule has 1 unspecified atom stereocenters. The molecule has 0 saturated heterocycles. The van der Waals surface area contributed by atoms with Crippen molar-refractivity contribution in [2.45, 2.75) is 45.4 Å². The van der Waals surface area contributed by atoms with Gasteiger partial charge in [-0.05, 0) is 33.7 Å². The standard InChI is InChI=1S/C16H22N6O3/c1-16(2,3)19-15(24)14-10-8-17-5-4-11(23)13(10)20-22(14)12-9-21(25)7-6-18-12/h6-7,9,11,17,23H,4-5,8H2,1-3H3,(H-,18,19,24,25)/p+1. The minimum absolute atomic E-state index is 0.282. The number of nitrogens with zero attached hydrogens (tertiary/aromatic N) is 4. The van der Waals surface area contributed by atoms with E-state index < -0.39 is 11.6 Å². The molecule has 0 aliphatic carbocycles. The summed E-state index contributed by atoms with van der Waals surface area (Å²) >= 11 is 0. The van der Waals surface area contributed by atoms with Crippen molar-refractivity contribution in [1.82, 2.24) is 25.4 Å². The van der Waals surface area contributed by atoms with Crippen molar-refractivity contribution in [3.63, 3.8) is 0 Å². The zero-order valence-electron chi connectivity index (χ0n) is 14.5. The SMILES string of the molecule is CC(C)(C)NC(=O)c1c2c(nn1-c1c[n+](O)ccn1)C(O)CCNC2. The molecular formula is C16H23N6O3+. The summed E-state index contributed by atoms with van der Waals surface area (Å²) in [6, 6.07) is 0. The lowest BCUT2D eigenvalue weighted by atomic mass is 10.1. The number of aromatic nitrogens is 4. The number of fused-ring (bicyclic) bond motifs is 1. The molecule has 0 saturated carbocycles. The predicted molar refractivity (Wildman–Crippen MR) is 87.2 cm³/mol. The Morgan fingerprint density at radius 1 is 1.48 bits per heavy atom. The molecular weight excluding hydrogens is 324 g/mol. The summed E-state index contributed by atoms with van der Waals surface area (Å²) in [7, 11) is 0. The molecule has 0 radical (unpaired) electrons. The topological polar surface area (TPSA) is 116 Å². The van der Waals surface area contributed by atoms with Crippen molar-refractivity contribution in [1.29, 1.82) is 0 Å². The fourth-order valence-electron chi connectivity index (χ4n) is 2.78. The molecule has 3 rings (SSSR count). The van der Waals surface area contributed by atoms with E-state index in [2.05, 4.69) is 20.7 Å². The fraction of sp³-hybridized carbons (Fsp3) is 0.500. The number of amides is 1. The fourth-order valence-corrected chi connectivity index (χ4v) is 2.78. The number of hydrogen-bond acceptors (Lipinski definition) is 6. The zero-order chi connectivity index (χ0) is 18.2. The second-order valence-corrected chi connectivity index (χ2v) is 7.10. The van der Waals surface area contributed by atoms with E-state index in [-0.39, 0.29) is 11.7 Å². The summed E-state index contributed by atoms with van der Waals surface area (Å²) in [5.41, 5.74) is 0.967. The van der Waals surface area contributed by atoms with Crippen molar-refractivity contribution in [3.8, 4) is 5.82 Å². The van der Waals surface area contributed by atoms with Crippen LogP contribution in [0.15, 0.2) is 18.6 Å². The first kappa shape index (κ1) is 17.3. The number of carbonyl (C=O) groups is 1. The number of aliphatic hydroxyl groups excluding tert-OH is 1.